The average Bonchev–Trinajstić information content (AvgIpc) is 2.67. The van der Waals surface area contributed by atoms with Crippen molar-refractivity contribution in [2.75, 3.05) is 0 Å². The molecule has 0 unspecified atom stereocenters. The largest absolute Gasteiger partial charge is 0.270 e. The van der Waals surface area contributed by atoms with Crippen molar-refractivity contribution in [1.82, 2.24) is 4.90 Å². The van der Waals surface area contributed by atoms with Crippen molar-refractivity contribution in [2.45, 2.75) is 13.5 Å². The maximum atomic E-state index is 12.2. The minimum absolute atomic E-state index is 0.205. The molecule has 19 heavy (non-hydrogen) atoms. The van der Waals surface area contributed by atoms with Crippen LogP contribution in [0, 0.1) is 6.92 Å². The Kier molecular flexibility index (Phi) is 2.67. The van der Waals surface area contributed by atoms with Crippen LogP contribution in [0.1, 0.15) is 31.8 Å². The van der Waals surface area contributed by atoms with Crippen LogP contribution in [0.4, 0.5) is 0 Å². The highest BCUT2D eigenvalue weighted by Crippen LogP contribution is 2.24. The van der Waals surface area contributed by atoms with Crippen molar-refractivity contribution < 1.29 is 9.59 Å². The number of hydrogen-bond acceptors (Lipinski definition) is 2. The smallest absolute Gasteiger partial charge is 0.261 e. The average molecular weight is 251 g/mol. The van der Waals surface area contributed by atoms with E-state index in [0.29, 0.717) is 17.7 Å². The summed E-state index contributed by atoms with van der Waals surface area (Å²) < 4.78 is 0. The topological polar surface area (TPSA) is 37.4 Å². The summed E-state index contributed by atoms with van der Waals surface area (Å²) in [4.78, 5) is 25.8. The van der Waals surface area contributed by atoms with Gasteiger partial charge in [-0.25, -0.2) is 0 Å². The minimum Gasteiger partial charge on any atom is -0.270 e. The van der Waals surface area contributed by atoms with Crippen molar-refractivity contribution in [3.8, 4) is 0 Å². The normalized spacial score (nSPS) is 13.8. The number of benzene rings is 2. The van der Waals surface area contributed by atoms with Crippen molar-refractivity contribution in [3.05, 3.63) is 70.8 Å². The Bertz CT molecular complexity index is 641. The first-order valence-corrected chi connectivity index (χ1v) is 6.18. The van der Waals surface area contributed by atoms with Crippen molar-refractivity contribution in [3.63, 3.8) is 0 Å². The monoisotopic (exact) mass is 251 g/mol. The SMILES string of the molecule is Cc1ccccc1CN1C(=O)c2ccccc2C1=O. The fourth-order valence-electron chi connectivity index (χ4n) is 2.34. The number of amides is 2. The molecule has 0 saturated carbocycles. The summed E-state index contributed by atoms with van der Waals surface area (Å²) in [7, 11) is 0. The van der Waals surface area contributed by atoms with Crippen LogP contribution in [0.15, 0.2) is 48.5 Å². The summed E-state index contributed by atoms with van der Waals surface area (Å²) in [5.41, 5.74) is 3.08. The fourth-order valence-corrected chi connectivity index (χ4v) is 2.34. The Hall–Kier alpha value is -2.42. The van der Waals surface area contributed by atoms with E-state index in [-0.39, 0.29) is 11.8 Å². The van der Waals surface area contributed by atoms with E-state index in [4.69, 9.17) is 0 Å². The molecule has 0 N–H and O–H groups in total. The molecule has 0 spiro atoms. The van der Waals surface area contributed by atoms with Crippen molar-refractivity contribution >= 4 is 11.8 Å². The molecule has 1 aliphatic rings. The van der Waals surface area contributed by atoms with E-state index in [0.717, 1.165) is 11.1 Å². The summed E-state index contributed by atoms with van der Waals surface area (Å²) >= 11 is 0. The number of carbonyl (C=O) groups is 2. The fraction of sp³-hybridized carbons (Fsp3) is 0.125. The van der Waals surface area contributed by atoms with E-state index in [9.17, 15) is 9.59 Å². The molecule has 0 aliphatic carbocycles. The summed E-state index contributed by atoms with van der Waals surface area (Å²) in [6, 6.07) is 14.7. The lowest BCUT2D eigenvalue weighted by Gasteiger charge is -2.15. The summed E-state index contributed by atoms with van der Waals surface area (Å²) in [6.45, 7) is 2.31. The third-order valence-corrected chi connectivity index (χ3v) is 3.47. The number of rotatable bonds is 2. The number of hydrogen-bond donors (Lipinski definition) is 0. The molecule has 2 aromatic rings. The molecule has 0 atom stereocenters. The minimum atomic E-state index is -0.205. The second-order valence-electron chi connectivity index (χ2n) is 4.67. The van der Waals surface area contributed by atoms with E-state index >= 15 is 0 Å². The van der Waals surface area contributed by atoms with Gasteiger partial charge in [0.2, 0.25) is 0 Å². The lowest BCUT2D eigenvalue weighted by Crippen LogP contribution is -2.29. The van der Waals surface area contributed by atoms with Gasteiger partial charge in [-0.2, -0.15) is 0 Å². The Morgan fingerprint density at radius 3 is 1.95 bits per heavy atom. The standard InChI is InChI=1S/C16H13NO2/c1-11-6-2-3-7-12(11)10-17-15(18)13-8-4-5-9-14(13)16(17)19/h2-9H,10H2,1H3. The molecular formula is C16H13NO2. The van der Waals surface area contributed by atoms with Gasteiger partial charge in [-0.1, -0.05) is 36.4 Å². The van der Waals surface area contributed by atoms with Gasteiger partial charge in [-0.3, -0.25) is 14.5 Å². The Labute approximate surface area is 111 Å². The third-order valence-electron chi connectivity index (χ3n) is 3.47. The van der Waals surface area contributed by atoms with Gasteiger partial charge in [0.15, 0.2) is 0 Å². The first kappa shape index (κ1) is 11.7. The van der Waals surface area contributed by atoms with Gasteiger partial charge >= 0.3 is 0 Å². The molecule has 3 rings (SSSR count). The first-order valence-electron chi connectivity index (χ1n) is 6.18. The summed E-state index contributed by atoms with van der Waals surface area (Å²) in [6.07, 6.45) is 0. The third kappa shape index (κ3) is 1.83. The van der Waals surface area contributed by atoms with Crippen LogP contribution in [-0.4, -0.2) is 16.7 Å². The van der Waals surface area contributed by atoms with E-state index in [2.05, 4.69) is 0 Å². The van der Waals surface area contributed by atoms with Crippen LogP contribution < -0.4 is 0 Å². The van der Waals surface area contributed by atoms with Gasteiger partial charge < -0.3 is 0 Å². The second-order valence-corrected chi connectivity index (χ2v) is 4.67. The first-order chi connectivity index (χ1) is 9.18. The summed E-state index contributed by atoms with van der Waals surface area (Å²) in [5, 5.41) is 0. The molecule has 0 radical (unpaired) electrons. The van der Waals surface area contributed by atoms with Crippen molar-refractivity contribution in [2.24, 2.45) is 0 Å². The lowest BCUT2D eigenvalue weighted by molar-refractivity contribution is 0.0642. The number of nitrogens with zero attached hydrogens (tertiary/aromatic N) is 1. The molecule has 3 heteroatoms. The maximum absolute atomic E-state index is 12.2. The molecular weight excluding hydrogens is 238 g/mol. The van der Waals surface area contributed by atoms with Crippen molar-refractivity contribution in [1.29, 1.82) is 0 Å². The molecule has 3 nitrogen and oxygen atoms in total. The molecule has 0 aromatic heterocycles. The predicted molar refractivity (Wildman–Crippen MR) is 71.8 cm³/mol. The second kappa shape index (κ2) is 4.35. The quantitative estimate of drug-likeness (QED) is 0.770. The zero-order valence-corrected chi connectivity index (χ0v) is 10.6. The van der Waals surface area contributed by atoms with E-state index < -0.39 is 0 Å². The molecule has 1 heterocycles. The Balaban J connectivity index is 1.95. The zero-order chi connectivity index (χ0) is 13.4. The van der Waals surface area contributed by atoms with E-state index in [1.54, 1.807) is 24.3 Å². The predicted octanol–water partition coefficient (Wildman–Crippen LogP) is 2.79. The maximum Gasteiger partial charge on any atom is 0.261 e. The molecule has 1 aliphatic heterocycles. The van der Waals surface area contributed by atoms with Gasteiger partial charge in [0.25, 0.3) is 11.8 Å². The van der Waals surface area contributed by atoms with Crippen LogP contribution in [0.3, 0.4) is 0 Å². The number of carbonyl (C=O) groups excluding carboxylic acids is 2. The molecule has 94 valence electrons. The molecule has 0 bridgehead atoms. The van der Waals surface area contributed by atoms with Crippen LogP contribution in [0.5, 0.6) is 0 Å². The molecule has 0 fully saturated rings. The van der Waals surface area contributed by atoms with Crippen LogP contribution >= 0.6 is 0 Å². The zero-order valence-electron chi connectivity index (χ0n) is 10.6. The highest BCUT2D eigenvalue weighted by Gasteiger charge is 2.34. The van der Waals surface area contributed by atoms with Gasteiger partial charge in [-0.15, -0.1) is 0 Å². The lowest BCUT2D eigenvalue weighted by atomic mass is 10.1. The van der Waals surface area contributed by atoms with Gasteiger partial charge in [-0.05, 0) is 30.2 Å². The molecule has 0 saturated heterocycles. The number of aryl methyl sites for hydroxylation is 1. The van der Waals surface area contributed by atoms with Gasteiger partial charge in [0, 0.05) is 0 Å². The van der Waals surface area contributed by atoms with Gasteiger partial charge in [0.05, 0.1) is 17.7 Å². The number of imide groups is 1. The van der Waals surface area contributed by atoms with E-state index in [1.165, 1.54) is 4.90 Å². The highest BCUT2D eigenvalue weighted by molar-refractivity contribution is 6.21. The van der Waals surface area contributed by atoms with Gasteiger partial charge in [0.1, 0.15) is 0 Å². The van der Waals surface area contributed by atoms with Crippen LogP contribution in [0.25, 0.3) is 0 Å². The molecule has 2 amide bonds. The van der Waals surface area contributed by atoms with Crippen LogP contribution in [0.2, 0.25) is 0 Å². The summed E-state index contributed by atoms with van der Waals surface area (Å²) in [5.74, 6) is -0.410. The van der Waals surface area contributed by atoms with E-state index in [1.807, 2.05) is 31.2 Å². The van der Waals surface area contributed by atoms with Crippen LogP contribution in [-0.2, 0) is 6.54 Å². The number of fused-ring (bicyclic) bond motifs is 1. The highest BCUT2D eigenvalue weighted by atomic mass is 16.2. The Morgan fingerprint density at radius 1 is 0.842 bits per heavy atom. The Morgan fingerprint density at radius 2 is 1.37 bits per heavy atom. The molecule has 2 aromatic carbocycles.